The van der Waals surface area contributed by atoms with E-state index in [1.165, 1.54) is 11.1 Å². The van der Waals surface area contributed by atoms with E-state index in [0.29, 0.717) is 0 Å². The molecule has 0 atom stereocenters. The van der Waals surface area contributed by atoms with Crippen LogP contribution in [0.4, 0.5) is 11.4 Å². The maximum atomic E-state index is 4.08. The van der Waals surface area contributed by atoms with Gasteiger partial charge in [-0.15, -0.1) is 0 Å². The van der Waals surface area contributed by atoms with Crippen LogP contribution in [0, 0.1) is 13.8 Å². The smallest absolute Gasteiger partial charge is 0.0461 e. The molecule has 0 aromatic heterocycles. The van der Waals surface area contributed by atoms with Crippen LogP contribution in [0.25, 0.3) is 0 Å². The average molecular weight is 249 g/mol. The Hall–Kier alpha value is -2.28. The van der Waals surface area contributed by atoms with Crippen molar-refractivity contribution in [3.63, 3.8) is 0 Å². The molecular weight excluding hydrogens is 230 g/mol. The molecule has 0 fully saturated rings. The van der Waals surface area contributed by atoms with Crippen molar-refractivity contribution >= 4 is 11.4 Å². The van der Waals surface area contributed by atoms with Crippen molar-refractivity contribution in [3.8, 4) is 0 Å². The normalized spacial score (nSPS) is 10.0. The zero-order chi connectivity index (χ0) is 13.8. The molecule has 2 aromatic rings. The lowest BCUT2D eigenvalue weighted by Crippen LogP contribution is -2.13. The van der Waals surface area contributed by atoms with Gasteiger partial charge in [0.05, 0.1) is 0 Å². The van der Waals surface area contributed by atoms with Crippen molar-refractivity contribution in [2.75, 3.05) is 4.90 Å². The van der Waals surface area contributed by atoms with E-state index in [1.54, 1.807) is 6.08 Å². The second-order valence-corrected chi connectivity index (χ2v) is 4.70. The molecule has 0 aliphatic carbocycles. The molecule has 96 valence electrons. The first-order valence-corrected chi connectivity index (χ1v) is 6.36. The van der Waals surface area contributed by atoms with Gasteiger partial charge >= 0.3 is 0 Å². The van der Waals surface area contributed by atoms with Crippen LogP contribution in [0.5, 0.6) is 0 Å². The third-order valence-corrected chi connectivity index (χ3v) is 3.11. The molecule has 0 aliphatic heterocycles. The Labute approximate surface area is 115 Å². The predicted molar refractivity (Wildman–Crippen MR) is 83.8 cm³/mol. The van der Waals surface area contributed by atoms with Crippen LogP contribution in [-0.4, -0.2) is 0 Å². The van der Waals surface area contributed by atoms with Gasteiger partial charge < -0.3 is 4.90 Å². The van der Waals surface area contributed by atoms with Gasteiger partial charge in [0.25, 0.3) is 0 Å². The fourth-order valence-corrected chi connectivity index (χ4v) is 1.96. The summed E-state index contributed by atoms with van der Waals surface area (Å²) in [5.41, 5.74) is 5.56. The Balaban J connectivity index is 2.47. The molecule has 0 radical (unpaired) electrons. The fraction of sp³-hybridized carbons (Fsp3) is 0.111. The van der Waals surface area contributed by atoms with E-state index in [9.17, 15) is 0 Å². The van der Waals surface area contributed by atoms with Crippen molar-refractivity contribution in [1.29, 1.82) is 0 Å². The number of allylic oxidation sites excluding steroid dienone is 1. The number of aryl methyl sites for hydroxylation is 2. The van der Waals surface area contributed by atoms with Crippen molar-refractivity contribution in [2.24, 2.45) is 0 Å². The van der Waals surface area contributed by atoms with Crippen LogP contribution in [0.1, 0.15) is 11.1 Å². The van der Waals surface area contributed by atoms with Gasteiger partial charge in [0.15, 0.2) is 0 Å². The summed E-state index contributed by atoms with van der Waals surface area (Å²) >= 11 is 0. The molecule has 2 aromatic carbocycles. The molecule has 2 rings (SSSR count). The highest BCUT2D eigenvalue weighted by atomic mass is 15.1. The number of nitrogens with zero attached hydrogens (tertiary/aromatic N) is 1. The van der Waals surface area contributed by atoms with Crippen molar-refractivity contribution in [1.82, 2.24) is 0 Å². The molecule has 0 saturated heterocycles. The molecule has 0 spiro atoms. The van der Waals surface area contributed by atoms with Gasteiger partial charge in [0.2, 0.25) is 0 Å². The molecule has 0 heterocycles. The van der Waals surface area contributed by atoms with Crippen LogP contribution in [0.2, 0.25) is 0 Å². The van der Waals surface area contributed by atoms with E-state index in [0.717, 1.165) is 17.1 Å². The number of benzene rings is 2. The molecule has 0 unspecified atom stereocenters. The molecule has 0 N–H and O–H groups in total. The quantitative estimate of drug-likeness (QED) is 0.678. The van der Waals surface area contributed by atoms with Gasteiger partial charge in [-0.3, -0.25) is 0 Å². The molecule has 0 aliphatic rings. The van der Waals surface area contributed by atoms with Gasteiger partial charge in [0.1, 0.15) is 0 Å². The van der Waals surface area contributed by atoms with Gasteiger partial charge in [0, 0.05) is 17.1 Å². The number of hydrogen-bond acceptors (Lipinski definition) is 1. The summed E-state index contributed by atoms with van der Waals surface area (Å²) in [6.45, 7) is 12.1. The summed E-state index contributed by atoms with van der Waals surface area (Å²) in [5, 5.41) is 0. The highest BCUT2D eigenvalue weighted by Gasteiger charge is 2.10. The highest BCUT2D eigenvalue weighted by Crippen LogP contribution is 2.29. The predicted octanol–water partition coefficient (Wildman–Crippen LogP) is 5.14. The Morgan fingerprint density at radius 3 is 1.53 bits per heavy atom. The van der Waals surface area contributed by atoms with Crippen LogP contribution >= 0.6 is 0 Å². The highest BCUT2D eigenvalue weighted by molar-refractivity contribution is 5.69. The monoisotopic (exact) mass is 249 g/mol. The van der Waals surface area contributed by atoms with Gasteiger partial charge in [-0.1, -0.05) is 48.6 Å². The van der Waals surface area contributed by atoms with Crippen LogP contribution < -0.4 is 4.90 Å². The summed E-state index contributed by atoms with van der Waals surface area (Å²) in [4.78, 5) is 2.10. The first-order valence-electron chi connectivity index (χ1n) is 6.36. The summed E-state index contributed by atoms with van der Waals surface area (Å²) < 4.78 is 0. The van der Waals surface area contributed by atoms with Crippen LogP contribution in [-0.2, 0) is 0 Å². The third kappa shape index (κ3) is 2.94. The first kappa shape index (κ1) is 13.2. The van der Waals surface area contributed by atoms with Crippen LogP contribution in [0.15, 0.2) is 73.5 Å². The summed E-state index contributed by atoms with van der Waals surface area (Å²) in [5.74, 6) is 0. The minimum Gasteiger partial charge on any atom is -0.311 e. The largest absolute Gasteiger partial charge is 0.311 e. The van der Waals surface area contributed by atoms with E-state index in [2.05, 4.69) is 80.4 Å². The summed E-state index contributed by atoms with van der Waals surface area (Å²) in [6.07, 6.45) is 1.78. The molecular formula is C18H19N. The molecule has 0 amide bonds. The maximum Gasteiger partial charge on any atom is 0.0461 e. The summed E-state index contributed by atoms with van der Waals surface area (Å²) in [6, 6.07) is 16.8. The van der Waals surface area contributed by atoms with E-state index >= 15 is 0 Å². The second kappa shape index (κ2) is 5.57. The first-order chi connectivity index (χ1) is 9.11. The standard InChI is InChI=1S/C18H19N/c1-5-16(4)19(17-10-6-14(2)7-11-17)18-12-8-15(3)9-13-18/h5-13H,1,4H2,2-3H3. The van der Waals surface area contributed by atoms with Crippen LogP contribution in [0.3, 0.4) is 0 Å². The summed E-state index contributed by atoms with van der Waals surface area (Å²) in [7, 11) is 0. The van der Waals surface area contributed by atoms with Gasteiger partial charge in [-0.05, 0) is 44.2 Å². The zero-order valence-electron chi connectivity index (χ0n) is 11.6. The average Bonchev–Trinajstić information content (AvgIpc) is 2.43. The van der Waals surface area contributed by atoms with E-state index in [4.69, 9.17) is 0 Å². The van der Waals surface area contributed by atoms with Crippen molar-refractivity contribution in [2.45, 2.75) is 13.8 Å². The lowest BCUT2D eigenvalue weighted by molar-refractivity contribution is 1.21. The maximum absolute atomic E-state index is 4.08. The van der Waals surface area contributed by atoms with Crippen molar-refractivity contribution in [3.05, 3.63) is 84.6 Å². The third-order valence-electron chi connectivity index (χ3n) is 3.11. The molecule has 1 nitrogen and oxygen atoms in total. The zero-order valence-corrected chi connectivity index (χ0v) is 11.6. The Kier molecular flexibility index (Phi) is 3.86. The van der Waals surface area contributed by atoms with E-state index in [1.807, 2.05) is 0 Å². The molecule has 0 saturated carbocycles. The SMILES string of the molecule is C=CC(=C)N(c1ccc(C)cc1)c1ccc(C)cc1. The second-order valence-electron chi connectivity index (χ2n) is 4.70. The fourth-order valence-electron chi connectivity index (χ4n) is 1.96. The van der Waals surface area contributed by atoms with Gasteiger partial charge in [-0.2, -0.15) is 0 Å². The number of rotatable bonds is 4. The molecule has 19 heavy (non-hydrogen) atoms. The van der Waals surface area contributed by atoms with E-state index < -0.39 is 0 Å². The lowest BCUT2D eigenvalue weighted by Gasteiger charge is -2.25. The van der Waals surface area contributed by atoms with Gasteiger partial charge in [-0.25, -0.2) is 0 Å². The number of anilines is 2. The molecule has 1 heteroatoms. The Morgan fingerprint density at radius 2 is 1.21 bits per heavy atom. The Morgan fingerprint density at radius 1 is 0.842 bits per heavy atom. The molecule has 0 bridgehead atoms. The Bertz CT molecular complexity index is 531. The number of hydrogen-bond donors (Lipinski definition) is 0. The topological polar surface area (TPSA) is 3.24 Å². The minimum atomic E-state index is 0.868. The lowest BCUT2D eigenvalue weighted by atomic mass is 10.1. The van der Waals surface area contributed by atoms with E-state index in [-0.39, 0.29) is 0 Å². The van der Waals surface area contributed by atoms with Crippen molar-refractivity contribution < 1.29 is 0 Å². The minimum absolute atomic E-state index is 0.868.